The molecule has 0 aromatic heterocycles. The zero-order chi connectivity index (χ0) is 13.7. The highest BCUT2D eigenvalue weighted by molar-refractivity contribution is 4.85. The van der Waals surface area contributed by atoms with Crippen LogP contribution in [0.4, 0.5) is 0 Å². The predicted molar refractivity (Wildman–Crippen MR) is 83.5 cm³/mol. The Hall–Kier alpha value is -0.0800. The third kappa shape index (κ3) is 4.19. The van der Waals surface area contributed by atoms with Crippen molar-refractivity contribution >= 4 is 0 Å². The highest BCUT2D eigenvalue weighted by Gasteiger charge is 2.28. The first kappa shape index (κ1) is 15.3. The summed E-state index contributed by atoms with van der Waals surface area (Å²) in [6, 6.07) is 1.55. The maximum absolute atomic E-state index is 3.94. The molecule has 1 N–H and O–H groups in total. The van der Waals surface area contributed by atoms with Crippen LogP contribution in [0.15, 0.2) is 0 Å². The minimum absolute atomic E-state index is 0.752. The van der Waals surface area contributed by atoms with Crippen LogP contribution < -0.4 is 5.32 Å². The summed E-state index contributed by atoms with van der Waals surface area (Å²) in [4.78, 5) is 2.72. The van der Waals surface area contributed by atoms with Crippen molar-refractivity contribution in [2.24, 2.45) is 11.8 Å². The molecule has 1 saturated heterocycles. The first-order valence-corrected chi connectivity index (χ1v) is 8.69. The molecule has 2 fully saturated rings. The molecule has 0 bridgehead atoms. The molecule has 112 valence electrons. The second kappa shape index (κ2) is 7.64. The molecule has 0 spiro atoms. The van der Waals surface area contributed by atoms with Gasteiger partial charge in [0, 0.05) is 18.6 Å². The molecule has 2 aliphatic rings. The van der Waals surface area contributed by atoms with Gasteiger partial charge in [-0.2, -0.15) is 0 Å². The van der Waals surface area contributed by atoms with E-state index in [9.17, 15) is 0 Å². The van der Waals surface area contributed by atoms with Gasteiger partial charge in [-0.05, 0) is 50.6 Å². The van der Waals surface area contributed by atoms with E-state index in [0.717, 1.165) is 23.9 Å². The molecule has 0 amide bonds. The maximum atomic E-state index is 3.94. The number of likely N-dealkylation sites (tertiary alicyclic amines) is 1. The lowest BCUT2D eigenvalue weighted by Crippen LogP contribution is -2.49. The Morgan fingerprint density at radius 1 is 1.05 bits per heavy atom. The van der Waals surface area contributed by atoms with Crippen molar-refractivity contribution < 1.29 is 0 Å². The van der Waals surface area contributed by atoms with E-state index in [1.807, 2.05) is 0 Å². The summed E-state index contributed by atoms with van der Waals surface area (Å²) in [5.74, 6) is 1.70. The minimum Gasteiger partial charge on any atom is -0.312 e. The molecule has 0 aromatic carbocycles. The van der Waals surface area contributed by atoms with Gasteiger partial charge in [-0.3, -0.25) is 4.90 Å². The summed E-state index contributed by atoms with van der Waals surface area (Å²) in [5.41, 5.74) is 0. The lowest BCUT2D eigenvalue weighted by molar-refractivity contribution is 0.166. The molecule has 1 aliphatic carbocycles. The Labute approximate surface area is 120 Å². The molecule has 0 aromatic rings. The molecule has 3 unspecified atom stereocenters. The number of hydrogen-bond donors (Lipinski definition) is 1. The number of hydrogen-bond acceptors (Lipinski definition) is 2. The normalized spacial score (nSPS) is 30.9. The molecule has 0 radical (unpaired) electrons. The number of nitrogens with zero attached hydrogens (tertiary/aromatic N) is 1. The van der Waals surface area contributed by atoms with Gasteiger partial charge >= 0.3 is 0 Å². The molecule has 2 nitrogen and oxygen atoms in total. The zero-order valence-corrected chi connectivity index (χ0v) is 13.3. The SMILES string of the molecule is CCC1CCCCC1NCC(C(C)C)N1CCCC1. The largest absolute Gasteiger partial charge is 0.312 e. The van der Waals surface area contributed by atoms with Gasteiger partial charge in [0.25, 0.3) is 0 Å². The number of rotatable bonds is 6. The van der Waals surface area contributed by atoms with Crippen LogP contribution in [0.1, 0.15) is 65.7 Å². The molecule has 1 aliphatic heterocycles. The van der Waals surface area contributed by atoms with E-state index in [2.05, 4.69) is 31.0 Å². The van der Waals surface area contributed by atoms with Crippen molar-refractivity contribution in [1.29, 1.82) is 0 Å². The molecule has 1 saturated carbocycles. The fraction of sp³-hybridized carbons (Fsp3) is 1.00. The third-order valence-corrected chi connectivity index (χ3v) is 5.40. The molecule has 2 rings (SSSR count). The summed E-state index contributed by atoms with van der Waals surface area (Å²) < 4.78 is 0. The lowest BCUT2D eigenvalue weighted by atomic mass is 9.82. The summed E-state index contributed by atoms with van der Waals surface area (Å²) in [6.45, 7) is 11.0. The first-order chi connectivity index (χ1) is 9.22. The maximum Gasteiger partial charge on any atom is 0.0243 e. The van der Waals surface area contributed by atoms with E-state index in [-0.39, 0.29) is 0 Å². The predicted octanol–water partition coefficient (Wildman–Crippen LogP) is 3.67. The van der Waals surface area contributed by atoms with Crippen LogP contribution in [0.5, 0.6) is 0 Å². The Morgan fingerprint density at radius 2 is 1.74 bits per heavy atom. The van der Waals surface area contributed by atoms with E-state index >= 15 is 0 Å². The van der Waals surface area contributed by atoms with Crippen LogP contribution in [0.2, 0.25) is 0 Å². The van der Waals surface area contributed by atoms with Crippen LogP contribution in [0.3, 0.4) is 0 Å². The highest BCUT2D eigenvalue weighted by atomic mass is 15.2. The Morgan fingerprint density at radius 3 is 2.37 bits per heavy atom. The standard InChI is InChI=1S/C17H34N2/c1-4-15-9-5-6-10-16(15)18-13-17(14(2)3)19-11-7-8-12-19/h14-18H,4-13H2,1-3H3. The van der Waals surface area contributed by atoms with Gasteiger partial charge < -0.3 is 5.32 Å². The first-order valence-electron chi connectivity index (χ1n) is 8.69. The van der Waals surface area contributed by atoms with Crippen LogP contribution >= 0.6 is 0 Å². The molecule has 2 heteroatoms. The van der Waals surface area contributed by atoms with Crippen LogP contribution in [0.25, 0.3) is 0 Å². The Bertz CT molecular complexity index is 246. The van der Waals surface area contributed by atoms with Gasteiger partial charge in [0.1, 0.15) is 0 Å². The number of nitrogens with one attached hydrogen (secondary N) is 1. The van der Waals surface area contributed by atoms with E-state index in [1.54, 1.807) is 0 Å². The quantitative estimate of drug-likeness (QED) is 0.789. The molecular formula is C17H34N2. The third-order valence-electron chi connectivity index (χ3n) is 5.40. The molecule has 3 atom stereocenters. The van der Waals surface area contributed by atoms with E-state index in [0.29, 0.717) is 0 Å². The smallest absolute Gasteiger partial charge is 0.0243 e. The van der Waals surface area contributed by atoms with Gasteiger partial charge in [0.2, 0.25) is 0 Å². The van der Waals surface area contributed by atoms with Crippen LogP contribution in [-0.4, -0.2) is 36.6 Å². The summed E-state index contributed by atoms with van der Waals surface area (Å²) in [7, 11) is 0. The van der Waals surface area contributed by atoms with Gasteiger partial charge in [0.05, 0.1) is 0 Å². The van der Waals surface area contributed by atoms with Crippen molar-refractivity contribution in [2.45, 2.75) is 77.8 Å². The van der Waals surface area contributed by atoms with E-state index in [4.69, 9.17) is 0 Å². The van der Waals surface area contributed by atoms with Gasteiger partial charge in [-0.15, -0.1) is 0 Å². The van der Waals surface area contributed by atoms with Crippen molar-refractivity contribution in [2.75, 3.05) is 19.6 Å². The molecule has 19 heavy (non-hydrogen) atoms. The second-order valence-corrected chi connectivity index (χ2v) is 7.02. The average Bonchev–Trinajstić information content (AvgIpc) is 2.93. The minimum atomic E-state index is 0.752. The van der Waals surface area contributed by atoms with Crippen LogP contribution in [0, 0.1) is 11.8 Å². The fourth-order valence-corrected chi connectivity index (χ4v) is 4.10. The summed E-state index contributed by atoms with van der Waals surface area (Å²) in [5, 5.41) is 3.94. The lowest BCUT2D eigenvalue weighted by Gasteiger charge is -2.36. The topological polar surface area (TPSA) is 15.3 Å². The fourth-order valence-electron chi connectivity index (χ4n) is 4.10. The van der Waals surface area contributed by atoms with Gasteiger partial charge in [-0.25, -0.2) is 0 Å². The van der Waals surface area contributed by atoms with Crippen molar-refractivity contribution in [1.82, 2.24) is 10.2 Å². The van der Waals surface area contributed by atoms with Gasteiger partial charge in [-0.1, -0.05) is 40.0 Å². The molecular weight excluding hydrogens is 232 g/mol. The average molecular weight is 266 g/mol. The zero-order valence-electron chi connectivity index (χ0n) is 13.3. The van der Waals surface area contributed by atoms with Crippen molar-refractivity contribution in [3.05, 3.63) is 0 Å². The van der Waals surface area contributed by atoms with E-state index < -0.39 is 0 Å². The second-order valence-electron chi connectivity index (χ2n) is 7.02. The Kier molecular flexibility index (Phi) is 6.15. The van der Waals surface area contributed by atoms with Crippen molar-refractivity contribution in [3.63, 3.8) is 0 Å². The monoisotopic (exact) mass is 266 g/mol. The summed E-state index contributed by atoms with van der Waals surface area (Å²) >= 11 is 0. The molecule has 1 heterocycles. The van der Waals surface area contributed by atoms with Crippen molar-refractivity contribution in [3.8, 4) is 0 Å². The van der Waals surface area contributed by atoms with E-state index in [1.165, 1.54) is 64.6 Å². The Balaban J connectivity index is 1.83. The van der Waals surface area contributed by atoms with Gasteiger partial charge in [0.15, 0.2) is 0 Å². The van der Waals surface area contributed by atoms with Crippen LogP contribution in [-0.2, 0) is 0 Å². The highest BCUT2D eigenvalue weighted by Crippen LogP contribution is 2.27. The summed E-state index contributed by atoms with van der Waals surface area (Å²) in [6.07, 6.45) is 9.91.